The van der Waals surface area contributed by atoms with Gasteiger partial charge < -0.3 is 14.8 Å². The zero-order valence-corrected chi connectivity index (χ0v) is 13.1. The van der Waals surface area contributed by atoms with E-state index in [-0.39, 0.29) is 24.5 Å². The van der Waals surface area contributed by atoms with Gasteiger partial charge in [0.2, 0.25) is 0 Å². The minimum Gasteiger partial charge on any atom is -0.472 e. The van der Waals surface area contributed by atoms with Crippen LogP contribution in [0.5, 0.6) is 0 Å². The van der Waals surface area contributed by atoms with Gasteiger partial charge in [0.15, 0.2) is 0 Å². The predicted molar refractivity (Wildman–Crippen MR) is 84.7 cm³/mol. The van der Waals surface area contributed by atoms with Gasteiger partial charge in [-0.3, -0.25) is 4.79 Å². The number of aliphatic hydroxyl groups is 1. The van der Waals surface area contributed by atoms with Crippen LogP contribution in [0.25, 0.3) is 10.6 Å². The SMILES string of the molecule is O=C(NC1CCCCCC1CO)c1csc(-c2ccoc2)n1. The van der Waals surface area contributed by atoms with E-state index in [4.69, 9.17) is 4.42 Å². The Bertz CT molecular complexity index is 609. The zero-order valence-electron chi connectivity index (χ0n) is 12.3. The molecule has 1 saturated carbocycles. The minimum atomic E-state index is -0.156. The highest BCUT2D eigenvalue weighted by Crippen LogP contribution is 2.26. The highest BCUT2D eigenvalue weighted by molar-refractivity contribution is 7.13. The summed E-state index contributed by atoms with van der Waals surface area (Å²) in [6.07, 6.45) is 8.50. The Morgan fingerprint density at radius 2 is 2.27 bits per heavy atom. The summed E-state index contributed by atoms with van der Waals surface area (Å²) in [7, 11) is 0. The Morgan fingerprint density at radius 3 is 3.05 bits per heavy atom. The van der Waals surface area contributed by atoms with Gasteiger partial charge in [-0.25, -0.2) is 4.98 Å². The van der Waals surface area contributed by atoms with Gasteiger partial charge in [-0.2, -0.15) is 0 Å². The number of aromatic nitrogens is 1. The highest BCUT2D eigenvalue weighted by Gasteiger charge is 2.25. The number of nitrogens with zero attached hydrogens (tertiary/aromatic N) is 1. The van der Waals surface area contributed by atoms with Crippen LogP contribution in [0, 0.1) is 5.92 Å². The molecule has 3 rings (SSSR count). The lowest BCUT2D eigenvalue weighted by Crippen LogP contribution is -2.41. The molecule has 0 spiro atoms. The molecule has 6 heteroatoms. The number of hydrogen-bond acceptors (Lipinski definition) is 5. The molecule has 2 heterocycles. The molecule has 2 N–H and O–H groups in total. The van der Waals surface area contributed by atoms with Crippen LogP contribution < -0.4 is 5.32 Å². The topological polar surface area (TPSA) is 75.4 Å². The fourth-order valence-electron chi connectivity index (χ4n) is 2.93. The number of thiazole rings is 1. The lowest BCUT2D eigenvalue weighted by molar-refractivity contribution is 0.0895. The molecule has 1 aliphatic carbocycles. The van der Waals surface area contributed by atoms with Gasteiger partial charge in [0.05, 0.1) is 6.26 Å². The molecule has 2 aromatic rings. The Hall–Kier alpha value is -1.66. The monoisotopic (exact) mass is 320 g/mol. The van der Waals surface area contributed by atoms with Crippen molar-refractivity contribution in [1.29, 1.82) is 0 Å². The molecule has 0 saturated heterocycles. The smallest absolute Gasteiger partial charge is 0.271 e. The molecule has 0 aliphatic heterocycles. The van der Waals surface area contributed by atoms with Crippen LogP contribution in [0.15, 0.2) is 28.4 Å². The largest absolute Gasteiger partial charge is 0.472 e. The lowest BCUT2D eigenvalue weighted by atomic mass is 9.95. The molecule has 1 fully saturated rings. The van der Waals surface area contributed by atoms with Gasteiger partial charge in [-0.15, -0.1) is 11.3 Å². The predicted octanol–water partition coefficient (Wildman–Crippen LogP) is 3.07. The van der Waals surface area contributed by atoms with E-state index in [0.717, 1.165) is 36.3 Å². The Labute approximate surface area is 133 Å². The molecule has 0 aromatic carbocycles. The van der Waals surface area contributed by atoms with Crippen molar-refractivity contribution in [1.82, 2.24) is 10.3 Å². The molecule has 2 atom stereocenters. The van der Waals surface area contributed by atoms with E-state index in [9.17, 15) is 9.90 Å². The molecule has 1 amide bonds. The molecule has 0 bridgehead atoms. The van der Waals surface area contributed by atoms with Crippen molar-refractivity contribution in [3.05, 3.63) is 29.7 Å². The summed E-state index contributed by atoms with van der Waals surface area (Å²) < 4.78 is 5.04. The molecular weight excluding hydrogens is 300 g/mol. The average Bonchev–Trinajstić information content (AvgIpc) is 3.16. The third-order valence-corrected chi connectivity index (χ3v) is 5.11. The second-order valence-electron chi connectivity index (χ2n) is 5.71. The summed E-state index contributed by atoms with van der Waals surface area (Å²) in [5, 5.41) is 15.1. The maximum Gasteiger partial charge on any atom is 0.271 e. The number of nitrogens with one attached hydrogen (secondary N) is 1. The fourth-order valence-corrected chi connectivity index (χ4v) is 3.72. The summed E-state index contributed by atoms with van der Waals surface area (Å²) in [6, 6.07) is 1.87. The number of furan rings is 1. The maximum atomic E-state index is 12.4. The minimum absolute atomic E-state index is 0.0408. The van der Waals surface area contributed by atoms with Crippen LogP contribution in [0.3, 0.4) is 0 Å². The average molecular weight is 320 g/mol. The normalized spacial score (nSPS) is 22.2. The van der Waals surface area contributed by atoms with Crippen molar-refractivity contribution >= 4 is 17.2 Å². The fraction of sp³-hybridized carbons (Fsp3) is 0.500. The van der Waals surface area contributed by atoms with E-state index in [2.05, 4.69) is 10.3 Å². The van der Waals surface area contributed by atoms with E-state index < -0.39 is 0 Å². The number of aliphatic hydroxyl groups excluding tert-OH is 1. The molecule has 2 unspecified atom stereocenters. The number of carbonyl (C=O) groups is 1. The van der Waals surface area contributed by atoms with Crippen LogP contribution >= 0.6 is 11.3 Å². The third-order valence-electron chi connectivity index (χ3n) is 4.22. The molecule has 2 aromatic heterocycles. The first-order valence-corrected chi connectivity index (χ1v) is 8.55. The third kappa shape index (κ3) is 3.39. The summed E-state index contributed by atoms with van der Waals surface area (Å²) >= 11 is 1.43. The van der Waals surface area contributed by atoms with E-state index in [1.807, 2.05) is 6.07 Å². The molecular formula is C16H20N2O3S. The van der Waals surface area contributed by atoms with E-state index in [1.54, 1.807) is 17.9 Å². The summed E-state index contributed by atoms with van der Waals surface area (Å²) in [4.78, 5) is 16.8. The summed E-state index contributed by atoms with van der Waals surface area (Å²) in [5.74, 6) is -0.00484. The van der Waals surface area contributed by atoms with Crippen LogP contribution in [0.4, 0.5) is 0 Å². The van der Waals surface area contributed by atoms with Gasteiger partial charge in [0, 0.05) is 29.5 Å². The van der Waals surface area contributed by atoms with Gasteiger partial charge in [-0.05, 0) is 18.9 Å². The van der Waals surface area contributed by atoms with E-state index in [0.29, 0.717) is 5.69 Å². The van der Waals surface area contributed by atoms with Gasteiger partial charge in [-0.1, -0.05) is 19.3 Å². The second kappa shape index (κ2) is 7.07. The first kappa shape index (κ1) is 15.2. The molecule has 1 aliphatic rings. The first-order valence-electron chi connectivity index (χ1n) is 7.67. The lowest BCUT2D eigenvalue weighted by Gasteiger charge is -2.24. The van der Waals surface area contributed by atoms with Crippen molar-refractivity contribution < 1.29 is 14.3 Å². The van der Waals surface area contributed by atoms with Crippen molar-refractivity contribution in [2.75, 3.05) is 6.61 Å². The zero-order chi connectivity index (χ0) is 15.4. The van der Waals surface area contributed by atoms with Crippen molar-refractivity contribution in [2.24, 2.45) is 5.92 Å². The summed E-state index contributed by atoms with van der Waals surface area (Å²) in [6.45, 7) is 0.127. The van der Waals surface area contributed by atoms with E-state index in [1.165, 1.54) is 17.8 Å². The maximum absolute atomic E-state index is 12.4. The summed E-state index contributed by atoms with van der Waals surface area (Å²) in [5.41, 5.74) is 1.31. The Balaban J connectivity index is 1.68. The second-order valence-corrected chi connectivity index (χ2v) is 6.57. The van der Waals surface area contributed by atoms with Crippen molar-refractivity contribution in [3.63, 3.8) is 0 Å². The molecule has 22 heavy (non-hydrogen) atoms. The Kier molecular flexibility index (Phi) is 4.90. The number of rotatable bonds is 4. The molecule has 5 nitrogen and oxygen atoms in total. The Morgan fingerprint density at radius 1 is 1.41 bits per heavy atom. The van der Waals surface area contributed by atoms with E-state index >= 15 is 0 Å². The number of hydrogen-bond donors (Lipinski definition) is 2. The number of amides is 1. The van der Waals surface area contributed by atoms with Crippen molar-refractivity contribution in [3.8, 4) is 10.6 Å². The van der Waals surface area contributed by atoms with Gasteiger partial charge >= 0.3 is 0 Å². The highest BCUT2D eigenvalue weighted by atomic mass is 32.1. The molecule has 118 valence electrons. The van der Waals surface area contributed by atoms with Gasteiger partial charge in [0.1, 0.15) is 17.0 Å². The first-order chi connectivity index (χ1) is 10.8. The van der Waals surface area contributed by atoms with Crippen LogP contribution in [0.2, 0.25) is 0 Å². The van der Waals surface area contributed by atoms with Crippen LogP contribution in [-0.4, -0.2) is 28.6 Å². The number of carbonyl (C=O) groups excluding carboxylic acids is 1. The standard InChI is InChI=1S/C16H20N2O3S/c19-8-11-4-2-1-3-5-13(11)17-15(20)14-10-22-16(18-14)12-6-7-21-9-12/h6-7,9-11,13,19H,1-5,8H2,(H,17,20). The van der Waals surface area contributed by atoms with Crippen LogP contribution in [0.1, 0.15) is 42.6 Å². The van der Waals surface area contributed by atoms with Crippen molar-refractivity contribution in [2.45, 2.75) is 38.1 Å². The molecule has 0 radical (unpaired) electrons. The van der Waals surface area contributed by atoms with Gasteiger partial charge in [0.25, 0.3) is 5.91 Å². The quantitative estimate of drug-likeness (QED) is 0.849. The van der Waals surface area contributed by atoms with Crippen LogP contribution in [-0.2, 0) is 0 Å².